The van der Waals surface area contributed by atoms with E-state index >= 15 is 0 Å². The highest BCUT2D eigenvalue weighted by Gasteiger charge is 2.36. The third-order valence-electron chi connectivity index (χ3n) is 6.06. The molecule has 1 saturated carbocycles. The highest BCUT2D eigenvalue weighted by Crippen LogP contribution is 2.47. The van der Waals surface area contributed by atoms with E-state index in [1.165, 1.54) is 0 Å². The Hall–Kier alpha value is -3.33. The van der Waals surface area contributed by atoms with Gasteiger partial charge in [-0.2, -0.15) is 4.52 Å². The Morgan fingerprint density at radius 3 is 2.58 bits per heavy atom. The zero-order chi connectivity index (χ0) is 21.9. The number of anilines is 1. The van der Waals surface area contributed by atoms with E-state index < -0.39 is 5.54 Å². The molecule has 1 aliphatic rings. The van der Waals surface area contributed by atoms with Gasteiger partial charge < -0.3 is 16.2 Å². The third-order valence-corrected chi connectivity index (χ3v) is 6.06. The van der Waals surface area contributed by atoms with Crippen LogP contribution in [0.4, 0.5) is 5.95 Å². The van der Waals surface area contributed by atoms with Gasteiger partial charge in [-0.1, -0.05) is 6.07 Å². The van der Waals surface area contributed by atoms with E-state index in [0.29, 0.717) is 28.8 Å². The molecule has 3 heterocycles. The molecule has 31 heavy (non-hydrogen) atoms. The van der Waals surface area contributed by atoms with Crippen molar-refractivity contribution >= 4 is 22.5 Å². The largest absolute Gasteiger partial charge is 0.494 e. The van der Waals surface area contributed by atoms with Crippen molar-refractivity contribution in [3.63, 3.8) is 0 Å². The van der Waals surface area contributed by atoms with Crippen molar-refractivity contribution < 1.29 is 4.74 Å². The summed E-state index contributed by atoms with van der Waals surface area (Å²) in [6.07, 6.45) is 3.64. The molecule has 5 rings (SSSR count). The van der Waals surface area contributed by atoms with Gasteiger partial charge in [0, 0.05) is 17.2 Å². The number of nitrogens with two attached hydrogens (primary N) is 2. The summed E-state index contributed by atoms with van der Waals surface area (Å²) in [5.41, 5.74) is 16.0. The van der Waals surface area contributed by atoms with Gasteiger partial charge in [0.05, 0.1) is 35.9 Å². The minimum Gasteiger partial charge on any atom is -0.494 e. The quantitative estimate of drug-likeness (QED) is 0.517. The number of fused-ring (bicyclic) bond motifs is 3. The number of ether oxygens (including phenoxy) is 1. The fraction of sp³-hybridized carbons (Fsp3) is 0.409. The predicted molar refractivity (Wildman–Crippen MR) is 118 cm³/mol. The number of aryl methyl sites for hydroxylation is 1. The number of nitrogen functional groups attached to an aromatic ring is 1. The molecule has 160 valence electrons. The minimum atomic E-state index is -0.502. The fourth-order valence-corrected chi connectivity index (χ4v) is 4.23. The zero-order valence-corrected chi connectivity index (χ0v) is 18.1. The summed E-state index contributed by atoms with van der Waals surface area (Å²) in [7, 11) is 1.62. The monoisotopic (exact) mass is 418 g/mol. The lowest BCUT2D eigenvalue weighted by Gasteiger charge is -2.33. The SMILES string of the molecule is COc1cccc2c1nc(N)n1nc([C@H]3C[C@@H](c4ncc(C(C)(C)N)nc4C)C3)nc21. The second kappa shape index (κ2) is 6.84. The van der Waals surface area contributed by atoms with Crippen LogP contribution in [-0.2, 0) is 5.54 Å². The van der Waals surface area contributed by atoms with Gasteiger partial charge in [0.15, 0.2) is 11.5 Å². The van der Waals surface area contributed by atoms with Crippen molar-refractivity contribution in [1.82, 2.24) is 29.5 Å². The van der Waals surface area contributed by atoms with E-state index in [1.54, 1.807) is 17.8 Å². The molecule has 4 aromatic rings. The van der Waals surface area contributed by atoms with Crippen LogP contribution in [0.3, 0.4) is 0 Å². The van der Waals surface area contributed by atoms with Crippen molar-refractivity contribution in [3.8, 4) is 5.75 Å². The molecule has 1 aromatic carbocycles. The summed E-state index contributed by atoms with van der Waals surface area (Å²) in [4.78, 5) is 18.7. The Kier molecular flexibility index (Phi) is 4.33. The van der Waals surface area contributed by atoms with Gasteiger partial charge >= 0.3 is 0 Å². The molecule has 0 bridgehead atoms. The minimum absolute atomic E-state index is 0.247. The molecule has 9 nitrogen and oxygen atoms in total. The van der Waals surface area contributed by atoms with E-state index in [-0.39, 0.29) is 5.92 Å². The normalized spacial score (nSPS) is 19.0. The number of hydrogen-bond acceptors (Lipinski definition) is 8. The molecule has 0 aliphatic heterocycles. The average molecular weight is 419 g/mol. The van der Waals surface area contributed by atoms with Gasteiger partial charge in [0.2, 0.25) is 5.95 Å². The summed E-state index contributed by atoms with van der Waals surface area (Å²) in [5.74, 6) is 2.33. The molecule has 9 heteroatoms. The highest BCUT2D eigenvalue weighted by atomic mass is 16.5. The summed E-state index contributed by atoms with van der Waals surface area (Å²) in [6, 6.07) is 5.74. The van der Waals surface area contributed by atoms with Crippen molar-refractivity contribution in [2.45, 2.75) is 51.0 Å². The number of methoxy groups -OCH3 is 1. The number of para-hydroxylation sites is 1. The number of rotatable bonds is 4. The maximum absolute atomic E-state index is 6.17. The molecular formula is C22H26N8O. The van der Waals surface area contributed by atoms with E-state index in [9.17, 15) is 0 Å². The molecule has 3 aromatic heterocycles. The van der Waals surface area contributed by atoms with Crippen LogP contribution >= 0.6 is 0 Å². The highest BCUT2D eigenvalue weighted by molar-refractivity contribution is 5.95. The smallest absolute Gasteiger partial charge is 0.223 e. The molecule has 0 unspecified atom stereocenters. The van der Waals surface area contributed by atoms with Crippen LogP contribution in [0.1, 0.15) is 61.4 Å². The molecule has 0 radical (unpaired) electrons. The molecule has 0 spiro atoms. The molecule has 1 fully saturated rings. The Morgan fingerprint density at radius 2 is 1.90 bits per heavy atom. The molecule has 0 atom stereocenters. The van der Waals surface area contributed by atoms with E-state index in [2.05, 4.69) is 20.1 Å². The van der Waals surface area contributed by atoms with Crippen LogP contribution < -0.4 is 16.2 Å². The van der Waals surface area contributed by atoms with Gasteiger partial charge in [-0.05, 0) is 45.7 Å². The number of hydrogen-bond donors (Lipinski definition) is 2. The van der Waals surface area contributed by atoms with E-state index in [4.69, 9.17) is 21.2 Å². The Labute approximate surface area is 179 Å². The van der Waals surface area contributed by atoms with E-state index in [0.717, 1.165) is 41.1 Å². The van der Waals surface area contributed by atoms with Crippen LogP contribution in [0.15, 0.2) is 24.4 Å². The van der Waals surface area contributed by atoms with Crippen molar-refractivity contribution in [2.75, 3.05) is 12.8 Å². The van der Waals surface area contributed by atoms with Crippen molar-refractivity contribution in [1.29, 1.82) is 0 Å². The standard InChI is InChI=1S/C22H26N8O/c1-11-17(25-10-16(26-11)22(2,3)24)12-8-13(9-12)19-28-20-14-6-5-7-15(31-4)18(14)27-21(23)30(20)29-19/h5-7,10,12-13H,8-9,24H2,1-4H3,(H2,23,27)/t12-,13+. The number of nitrogens with zero attached hydrogens (tertiary/aromatic N) is 6. The van der Waals surface area contributed by atoms with Crippen molar-refractivity contribution in [2.24, 2.45) is 5.73 Å². The molecule has 4 N–H and O–H groups in total. The average Bonchev–Trinajstić information content (AvgIpc) is 3.13. The Balaban J connectivity index is 1.44. The predicted octanol–water partition coefficient (Wildman–Crippen LogP) is 2.82. The van der Waals surface area contributed by atoms with Crippen LogP contribution in [0, 0.1) is 6.92 Å². The fourth-order valence-electron chi connectivity index (χ4n) is 4.23. The Morgan fingerprint density at radius 1 is 1.13 bits per heavy atom. The summed E-state index contributed by atoms with van der Waals surface area (Å²) < 4.78 is 7.04. The number of benzene rings is 1. The van der Waals surface area contributed by atoms with Crippen LogP contribution in [0.2, 0.25) is 0 Å². The summed E-state index contributed by atoms with van der Waals surface area (Å²) in [6.45, 7) is 5.87. The lowest BCUT2D eigenvalue weighted by Crippen LogP contribution is -2.31. The molecular weight excluding hydrogens is 392 g/mol. The second-order valence-electron chi connectivity index (χ2n) is 8.84. The number of aromatic nitrogens is 6. The maximum atomic E-state index is 6.17. The third kappa shape index (κ3) is 3.16. The van der Waals surface area contributed by atoms with Gasteiger partial charge in [-0.25, -0.2) is 9.97 Å². The van der Waals surface area contributed by atoms with Gasteiger partial charge in [-0.15, -0.1) is 5.10 Å². The lowest BCUT2D eigenvalue weighted by molar-refractivity contribution is 0.329. The molecule has 0 amide bonds. The van der Waals surface area contributed by atoms with Gasteiger partial charge in [-0.3, -0.25) is 9.97 Å². The first-order valence-corrected chi connectivity index (χ1v) is 10.4. The van der Waals surface area contributed by atoms with Gasteiger partial charge in [0.25, 0.3) is 0 Å². The van der Waals surface area contributed by atoms with E-state index in [1.807, 2.05) is 39.0 Å². The van der Waals surface area contributed by atoms with Crippen LogP contribution in [0.25, 0.3) is 16.6 Å². The first kappa shape index (κ1) is 19.6. The summed E-state index contributed by atoms with van der Waals surface area (Å²) in [5, 5.41) is 5.53. The van der Waals surface area contributed by atoms with Gasteiger partial charge in [0.1, 0.15) is 11.3 Å². The molecule has 1 aliphatic carbocycles. The van der Waals surface area contributed by atoms with Crippen LogP contribution in [-0.4, -0.2) is 36.7 Å². The van der Waals surface area contributed by atoms with Crippen molar-refractivity contribution in [3.05, 3.63) is 47.3 Å². The van der Waals surface area contributed by atoms with Crippen LogP contribution in [0.5, 0.6) is 5.75 Å². The zero-order valence-electron chi connectivity index (χ0n) is 18.1. The first-order valence-electron chi connectivity index (χ1n) is 10.4. The lowest BCUT2D eigenvalue weighted by atomic mass is 9.72. The second-order valence-corrected chi connectivity index (χ2v) is 8.84. The molecule has 0 saturated heterocycles. The maximum Gasteiger partial charge on any atom is 0.223 e. The first-order chi connectivity index (χ1) is 14.8. The Bertz CT molecular complexity index is 1300. The topological polar surface area (TPSA) is 130 Å². The summed E-state index contributed by atoms with van der Waals surface area (Å²) >= 11 is 0.